The van der Waals surface area contributed by atoms with Crippen molar-refractivity contribution in [3.8, 4) is 0 Å². The SMILES string of the molecule is Cc1cc(Br)cnc1NC(=O)c1c(N)cccc1Cl. The smallest absolute Gasteiger partial charge is 0.260 e. The Morgan fingerprint density at radius 1 is 1.47 bits per heavy atom. The zero-order valence-electron chi connectivity index (χ0n) is 10.1. The van der Waals surface area contributed by atoms with E-state index in [1.807, 2.05) is 13.0 Å². The Kier molecular flexibility index (Phi) is 4.07. The summed E-state index contributed by atoms with van der Waals surface area (Å²) in [5.41, 5.74) is 7.20. The van der Waals surface area contributed by atoms with E-state index in [4.69, 9.17) is 17.3 Å². The highest BCUT2D eigenvalue weighted by molar-refractivity contribution is 9.10. The van der Waals surface area contributed by atoms with Crippen LogP contribution in [0, 0.1) is 6.92 Å². The number of nitrogens with two attached hydrogens (primary N) is 1. The Morgan fingerprint density at radius 2 is 2.21 bits per heavy atom. The van der Waals surface area contributed by atoms with Gasteiger partial charge in [-0.2, -0.15) is 0 Å². The quantitative estimate of drug-likeness (QED) is 0.820. The number of hydrogen-bond donors (Lipinski definition) is 2. The summed E-state index contributed by atoms with van der Waals surface area (Å²) in [5.74, 6) is 0.105. The lowest BCUT2D eigenvalue weighted by Crippen LogP contribution is -2.16. The Morgan fingerprint density at radius 3 is 2.84 bits per heavy atom. The number of carbonyl (C=O) groups excluding carboxylic acids is 1. The van der Waals surface area contributed by atoms with E-state index in [2.05, 4.69) is 26.2 Å². The topological polar surface area (TPSA) is 68.0 Å². The molecule has 1 amide bonds. The summed E-state index contributed by atoms with van der Waals surface area (Å²) in [4.78, 5) is 16.3. The summed E-state index contributed by atoms with van der Waals surface area (Å²) < 4.78 is 0.847. The maximum absolute atomic E-state index is 12.2. The molecule has 2 aromatic rings. The van der Waals surface area contributed by atoms with Gasteiger partial charge in [0.1, 0.15) is 5.82 Å². The third kappa shape index (κ3) is 3.05. The summed E-state index contributed by atoms with van der Waals surface area (Å²) in [6, 6.07) is 6.80. The van der Waals surface area contributed by atoms with Gasteiger partial charge < -0.3 is 11.1 Å². The molecule has 0 aliphatic carbocycles. The number of nitrogens with zero attached hydrogens (tertiary/aromatic N) is 1. The summed E-state index contributed by atoms with van der Waals surface area (Å²) in [5, 5.41) is 3.01. The Bertz CT molecular complexity index is 626. The van der Waals surface area contributed by atoms with Crippen molar-refractivity contribution in [3.63, 3.8) is 0 Å². The Balaban J connectivity index is 2.31. The fourth-order valence-corrected chi connectivity index (χ4v) is 2.34. The number of nitrogens with one attached hydrogen (secondary N) is 1. The molecule has 0 atom stereocenters. The molecule has 0 aliphatic rings. The molecule has 1 aromatic heterocycles. The van der Waals surface area contributed by atoms with Crippen molar-refractivity contribution in [2.24, 2.45) is 0 Å². The van der Waals surface area contributed by atoms with E-state index in [1.165, 1.54) is 0 Å². The van der Waals surface area contributed by atoms with Gasteiger partial charge in [0, 0.05) is 16.4 Å². The van der Waals surface area contributed by atoms with Crippen LogP contribution in [0.25, 0.3) is 0 Å². The molecule has 0 fully saturated rings. The summed E-state index contributed by atoms with van der Waals surface area (Å²) in [7, 11) is 0. The molecular formula is C13H11BrClN3O. The molecule has 0 aliphatic heterocycles. The molecular weight excluding hydrogens is 330 g/mol. The lowest BCUT2D eigenvalue weighted by molar-refractivity contribution is 0.102. The van der Waals surface area contributed by atoms with Crippen LogP contribution >= 0.6 is 27.5 Å². The van der Waals surface area contributed by atoms with Crippen molar-refractivity contribution in [2.45, 2.75) is 6.92 Å². The van der Waals surface area contributed by atoms with E-state index < -0.39 is 0 Å². The highest BCUT2D eigenvalue weighted by Gasteiger charge is 2.15. The van der Waals surface area contributed by atoms with E-state index in [9.17, 15) is 4.79 Å². The number of rotatable bonds is 2. The molecule has 0 saturated heterocycles. The number of halogens is 2. The maximum Gasteiger partial charge on any atom is 0.260 e. The van der Waals surface area contributed by atoms with E-state index in [-0.39, 0.29) is 11.5 Å². The summed E-state index contributed by atoms with van der Waals surface area (Å²) in [6.45, 7) is 1.85. The highest BCUT2D eigenvalue weighted by atomic mass is 79.9. The van der Waals surface area contributed by atoms with Gasteiger partial charge in [-0.15, -0.1) is 0 Å². The average molecular weight is 341 g/mol. The molecule has 4 nitrogen and oxygen atoms in total. The molecule has 0 radical (unpaired) electrons. The first-order valence-corrected chi connectivity index (χ1v) is 6.63. The largest absolute Gasteiger partial charge is 0.398 e. The van der Waals surface area contributed by atoms with Gasteiger partial charge in [0.25, 0.3) is 5.91 Å². The normalized spacial score (nSPS) is 10.3. The number of anilines is 2. The van der Waals surface area contributed by atoms with Crippen molar-refractivity contribution < 1.29 is 4.79 Å². The standard InChI is InChI=1S/C13H11BrClN3O/c1-7-5-8(14)6-17-12(7)18-13(19)11-9(15)3-2-4-10(11)16/h2-6H,16H2,1H3,(H,17,18,19). The highest BCUT2D eigenvalue weighted by Crippen LogP contribution is 2.24. The van der Waals surface area contributed by atoms with Crippen LogP contribution < -0.4 is 11.1 Å². The molecule has 1 aromatic carbocycles. The number of aryl methyl sites for hydroxylation is 1. The third-order valence-corrected chi connectivity index (χ3v) is 3.30. The van der Waals surface area contributed by atoms with Gasteiger partial charge in [0.15, 0.2) is 0 Å². The van der Waals surface area contributed by atoms with Crippen molar-refractivity contribution in [1.82, 2.24) is 4.98 Å². The second-order valence-electron chi connectivity index (χ2n) is 3.98. The number of amides is 1. The number of aromatic nitrogens is 1. The fraction of sp³-hybridized carbons (Fsp3) is 0.0769. The number of nitrogen functional groups attached to an aromatic ring is 1. The van der Waals surface area contributed by atoms with Crippen LogP contribution in [0.3, 0.4) is 0 Å². The van der Waals surface area contributed by atoms with E-state index in [1.54, 1.807) is 24.4 Å². The molecule has 0 saturated carbocycles. The molecule has 2 rings (SSSR count). The summed E-state index contributed by atoms with van der Waals surface area (Å²) >= 11 is 9.30. The zero-order chi connectivity index (χ0) is 14.0. The Hall–Kier alpha value is -1.59. The fourth-order valence-electron chi connectivity index (χ4n) is 1.62. The number of benzene rings is 1. The van der Waals surface area contributed by atoms with Gasteiger partial charge in [-0.1, -0.05) is 17.7 Å². The van der Waals surface area contributed by atoms with Crippen molar-refractivity contribution in [3.05, 3.63) is 51.1 Å². The second kappa shape index (κ2) is 5.59. The predicted molar refractivity (Wildman–Crippen MR) is 80.5 cm³/mol. The number of pyridine rings is 1. The van der Waals surface area contributed by atoms with Crippen LogP contribution in [-0.4, -0.2) is 10.9 Å². The lowest BCUT2D eigenvalue weighted by atomic mass is 10.1. The van der Waals surface area contributed by atoms with Gasteiger partial charge in [-0.05, 0) is 46.6 Å². The van der Waals surface area contributed by atoms with Crippen LogP contribution in [0.2, 0.25) is 5.02 Å². The molecule has 3 N–H and O–H groups in total. The molecule has 0 spiro atoms. The molecule has 0 unspecified atom stereocenters. The minimum atomic E-state index is -0.374. The minimum absolute atomic E-state index is 0.258. The number of carbonyl (C=O) groups is 1. The van der Waals surface area contributed by atoms with Gasteiger partial charge in [0.2, 0.25) is 0 Å². The van der Waals surface area contributed by atoms with E-state index in [0.717, 1.165) is 10.0 Å². The van der Waals surface area contributed by atoms with Crippen molar-refractivity contribution in [1.29, 1.82) is 0 Å². The second-order valence-corrected chi connectivity index (χ2v) is 5.30. The van der Waals surface area contributed by atoms with E-state index in [0.29, 0.717) is 16.5 Å². The summed E-state index contributed by atoms with van der Waals surface area (Å²) in [6.07, 6.45) is 1.61. The molecule has 98 valence electrons. The predicted octanol–water partition coefficient (Wildman–Crippen LogP) is 3.64. The lowest BCUT2D eigenvalue weighted by Gasteiger charge is -2.10. The zero-order valence-corrected chi connectivity index (χ0v) is 12.4. The van der Waals surface area contributed by atoms with Crippen molar-refractivity contribution >= 4 is 44.9 Å². The van der Waals surface area contributed by atoms with Gasteiger partial charge >= 0.3 is 0 Å². The Labute approximate surface area is 124 Å². The van der Waals surface area contributed by atoms with Crippen LogP contribution in [0.15, 0.2) is 34.9 Å². The van der Waals surface area contributed by atoms with Gasteiger partial charge in [-0.25, -0.2) is 4.98 Å². The van der Waals surface area contributed by atoms with Crippen LogP contribution in [0.5, 0.6) is 0 Å². The van der Waals surface area contributed by atoms with Crippen LogP contribution in [0.4, 0.5) is 11.5 Å². The first-order chi connectivity index (χ1) is 8.99. The van der Waals surface area contributed by atoms with Gasteiger partial charge in [-0.3, -0.25) is 4.79 Å². The molecule has 19 heavy (non-hydrogen) atoms. The first-order valence-electron chi connectivity index (χ1n) is 5.46. The van der Waals surface area contributed by atoms with Crippen molar-refractivity contribution in [2.75, 3.05) is 11.1 Å². The monoisotopic (exact) mass is 339 g/mol. The van der Waals surface area contributed by atoms with E-state index >= 15 is 0 Å². The maximum atomic E-state index is 12.2. The molecule has 0 bridgehead atoms. The minimum Gasteiger partial charge on any atom is -0.398 e. The van der Waals surface area contributed by atoms with Crippen LogP contribution in [0.1, 0.15) is 15.9 Å². The first kappa shape index (κ1) is 13.8. The molecule has 6 heteroatoms. The average Bonchev–Trinajstić information content (AvgIpc) is 2.32. The van der Waals surface area contributed by atoms with Gasteiger partial charge in [0.05, 0.1) is 10.6 Å². The third-order valence-electron chi connectivity index (χ3n) is 2.55. The molecule has 1 heterocycles. The number of hydrogen-bond acceptors (Lipinski definition) is 3. The van der Waals surface area contributed by atoms with Crippen LogP contribution in [-0.2, 0) is 0 Å².